The van der Waals surface area contributed by atoms with Gasteiger partial charge >= 0.3 is 0 Å². The van der Waals surface area contributed by atoms with Crippen molar-refractivity contribution >= 4 is 21.9 Å². The molecule has 28 heavy (non-hydrogen) atoms. The fraction of sp³-hybridized carbons (Fsp3) is 0.286. The molecule has 0 atom stereocenters. The van der Waals surface area contributed by atoms with Crippen LogP contribution in [0.25, 0.3) is 21.9 Å². The zero-order chi connectivity index (χ0) is 20.4. The Morgan fingerprint density at radius 1 is 1.07 bits per heavy atom. The van der Waals surface area contributed by atoms with E-state index in [1.165, 1.54) is 20.3 Å². The van der Waals surface area contributed by atoms with Gasteiger partial charge in [0.2, 0.25) is 5.43 Å². The second-order valence-electron chi connectivity index (χ2n) is 6.49. The highest BCUT2D eigenvalue weighted by Crippen LogP contribution is 2.34. The predicted molar refractivity (Wildman–Crippen MR) is 102 cm³/mol. The summed E-state index contributed by atoms with van der Waals surface area (Å²) in [5, 5.41) is -0.155. The number of benzene rings is 2. The van der Waals surface area contributed by atoms with Gasteiger partial charge in [-0.25, -0.2) is 8.78 Å². The van der Waals surface area contributed by atoms with E-state index in [1.54, 1.807) is 0 Å². The molecule has 0 N–H and O–H groups in total. The molecule has 3 rings (SSSR count). The monoisotopic (exact) mass is 390 g/mol. The summed E-state index contributed by atoms with van der Waals surface area (Å²) in [5.74, 6) is -1.40. The smallest absolute Gasteiger partial charge is 0.203 e. The van der Waals surface area contributed by atoms with Crippen molar-refractivity contribution in [3.8, 4) is 11.5 Å². The first-order chi connectivity index (χ1) is 13.4. The lowest BCUT2D eigenvalue weighted by atomic mass is 10.0. The van der Waals surface area contributed by atoms with E-state index in [0.717, 1.165) is 17.7 Å². The zero-order valence-corrected chi connectivity index (χ0v) is 16.0. The molecule has 0 aliphatic rings. The molecule has 5 nitrogen and oxygen atoms in total. The zero-order valence-electron chi connectivity index (χ0n) is 16.0. The number of rotatable bonds is 6. The van der Waals surface area contributed by atoms with E-state index >= 15 is 0 Å². The minimum Gasteiger partial charge on any atom is -0.497 e. The van der Waals surface area contributed by atoms with Crippen molar-refractivity contribution in [2.24, 2.45) is 0 Å². The van der Waals surface area contributed by atoms with Crippen molar-refractivity contribution < 1.29 is 27.4 Å². The molecular formula is C21H20F2O5. The third-order valence-electron chi connectivity index (χ3n) is 4.27. The Labute approximate surface area is 160 Å². The number of fused-ring (bicyclic) bond motifs is 2. The fourth-order valence-corrected chi connectivity index (χ4v) is 2.98. The summed E-state index contributed by atoms with van der Waals surface area (Å²) < 4.78 is 50.2. The van der Waals surface area contributed by atoms with Crippen LogP contribution in [0, 0.1) is 11.6 Å². The highest BCUT2D eigenvalue weighted by atomic mass is 19.1. The van der Waals surface area contributed by atoms with E-state index in [4.69, 9.17) is 18.6 Å². The average Bonchev–Trinajstić information content (AvgIpc) is 2.64. The van der Waals surface area contributed by atoms with Gasteiger partial charge in [-0.1, -0.05) is 11.6 Å². The van der Waals surface area contributed by atoms with Crippen LogP contribution in [-0.4, -0.2) is 21.0 Å². The molecule has 0 saturated carbocycles. The Morgan fingerprint density at radius 3 is 2.43 bits per heavy atom. The first-order valence-corrected chi connectivity index (χ1v) is 8.57. The normalized spacial score (nSPS) is 11.1. The van der Waals surface area contributed by atoms with E-state index < -0.39 is 17.1 Å². The van der Waals surface area contributed by atoms with Crippen molar-refractivity contribution in [3.63, 3.8) is 0 Å². The average molecular weight is 390 g/mol. The molecule has 0 amide bonds. The first-order valence-electron chi connectivity index (χ1n) is 8.57. The first kappa shape index (κ1) is 19.8. The number of allylic oxidation sites excluding steroid dienone is 2. The maximum absolute atomic E-state index is 14.7. The Hall–Kier alpha value is -2.93. The van der Waals surface area contributed by atoms with Crippen molar-refractivity contribution in [2.75, 3.05) is 21.0 Å². The fourth-order valence-electron chi connectivity index (χ4n) is 2.98. The summed E-state index contributed by atoms with van der Waals surface area (Å²) in [5.41, 5.74) is 0.628. The minimum absolute atomic E-state index is 0.00424. The van der Waals surface area contributed by atoms with Crippen LogP contribution >= 0.6 is 0 Å². The van der Waals surface area contributed by atoms with Crippen LogP contribution < -0.4 is 14.9 Å². The lowest BCUT2D eigenvalue weighted by Crippen LogP contribution is -2.11. The van der Waals surface area contributed by atoms with E-state index in [9.17, 15) is 13.6 Å². The van der Waals surface area contributed by atoms with Crippen LogP contribution in [0.4, 0.5) is 8.78 Å². The quantitative estimate of drug-likeness (QED) is 0.346. The van der Waals surface area contributed by atoms with Gasteiger partial charge in [-0.15, -0.1) is 0 Å². The predicted octanol–water partition coefficient (Wildman–Crippen LogP) is 4.72. The summed E-state index contributed by atoms with van der Waals surface area (Å²) >= 11 is 0. The molecule has 1 heterocycles. The van der Waals surface area contributed by atoms with Crippen molar-refractivity contribution in [2.45, 2.75) is 20.3 Å². The van der Waals surface area contributed by atoms with Crippen molar-refractivity contribution in [1.82, 2.24) is 0 Å². The summed E-state index contributed by atoms with van der Waals surface area (Å²) in [7, 11) is 2.77. The van der Waals surface area contributed by atoms with Crippen LogP contribution in [0.1, 0.15) is 19.4 Å². The molecule has 1 aromatic heterocycles. The second-order valence-corrected chi connectivity index (χ2v) is 6.49. The number of hydrogen-bond donors (Lipinski definition) is 0. The molecule has 0 aliphatic carbocycles. The molecule has 0 saturated heterocycles. The molecule has 3 aromatic rings. The number of halogens is 2. The third-order valence-corrected chi connectivity index (χ3v) is 4.27. The van der Waals surface area contributed by atoms with Crippen LogP contribution in [0.15, 0.2) is 39.1 Å². The molecular weight excluding hydrogens is 370 g/mol. The summed E-state index contributed by atoms with van der Waals surface area (Å²) in [6.07, 6.45) is 2.03. The second kappa shape index (κ2) is 7.98. The van der Waals surface area contributed by atoms with Gasteiger partial charge in [0.1, 0.15) is 28.1 Å². The van der Waals surface area contributed by atoms with E-state index in [2.05, 4.69) is 0 Å². The topological polar surface area (TPSA) is 57.9 Å². The van der Waals surface area contributed by atoms with E-state index in [-0.39, 0.29) is 52.2 Å². The van der Waals surface area contributed by atoms with Gasteiger partial charge in [0.15, 0.2) is 18.4 Å². The summed E-state index contributed by atoms with van der Waals surface area (Å²) in [6.45, 7) is 3.55. The molecule has 0 spiro atoms. The molecule has 7 heteroatoms. The standard InChI is InChI=1S/C21H20F2O5/c1-11(2)5-6-13-18-17(9-15(23)21(13)27-10-25-3)28-16-8-12(26-4)7-14(22)19(16)20(18)24/h5,7-9H,6,10H2,1-4H3. The maximum atomic E-state index is 14.7. The Balaban J connectivity index is 2.43. The molecule has 0 fully saturated rings. The highest BCUT2D eigenvalue weighted by molar-refractivity contribution is 5.93. The van der Waals surface area contributed by atoms with Gasteiger partial charge in [0.05, 0.1) is 12.5 Å². The van der Waals surface area contributed by atoms with Crippen molar-refractivity contribution in [3.05, 3.63) is 57.3 Å². The molecule has 148 valence electrons. The van der Waals surface area contributed by atoms with Crippen LogP contribution in [0.3, 0.4) is 0 Å². The molecule has 0 aliphatic heterocycles. The van der Waals surface area contributed by atoms with Gasteiger partial charge in [-0.3, -0.25) is 4.79 Å². The highest BCUT2D eigenvalue weighted by Gasteiger charge is 2.22. The molecule has 0 unspecified atom stereocenters. The Kier molecular flexibility index (Phi) is 5.65. The minimum atomic E-state index is -0.776. The summed E-state index contributed by atoms with van der Waals surface area (Å²) in [4.78, 5) is 13.1. The molecule has 0 bridgehead atoms. The van der Waals surface area contributed by atoms with Gasteiger partial charge in [0.25, 0.3) is 0 Å². The summed E-state index contributed by atoms with van der Waals surface area (Å²) in [6, 6.07) is 3.56. The van der Waals surface area contributed by atoms with Gasteiger partial charge < -0.3 is 18.6 Å². The number of methoxy groups -OCH3 is 2. The Morgan fingerprint density at radius 2 is 1.79 bits per heavy atom. The molecule has 0 radical (unpaired) electrons. The Bertz CT molecular complexity index is 1130. The van der Waals surface area contributed by atoms with Crippen LogP contribution in [0.5, 0.6) is 11.5 Å². The van der Waals surface area contributed by atoms with Crippen LogP contribution in [-0.2, 0) is 11.2 Å². The molecule has 2 aromatic carbocycles. The lowest BCUT2D eigenvalue weighted by Gasteiger charge is -2.14. The van der Waals surface area contributed by atoms with Gasteiger partial charge in [0, 0.05) is 30.9 Å². The third kappa shape index (κ3) is 3.57. The number of ether oxygens (including phenoxy) is 3. The van der Waals surface area contributed by atoms with Crippen molar-refractivity contribution in [1.29, 1.82) is 0 Å². The number of hydrogen-bond acceptors (Lipinski definition) is 5. The van der Waals surface area contributed by atoms with E-state index in [1.807, 2.05) is 19.9 Å². The maximum Gasteiger partial charge on any atom is 0.203 e. The van der Waals surface area contributed by atoms with Crippen LogP contribution in [0.2, 0.25) is 0 Å². The lowest BCUT2D eigenvalue weighted by molar-refractivity contribution is 0.0477. The van der Waals surface area contributed by atoms with E-state index in [0.29, 0.717) is 0 Å². The van der Waals surface area contributed by atoms with Gasteiger partial charge in [-0.05, 0) is 20.3 Å². The SMILES string of the molecule is COCOc1c(F)cc2oc3cc(OC)cc(F)c3c(=O)c2c1CC=C(C)C. The largest absolute Gasteiger partial charge is 0.497 e. The van der Waals surface area contributed by atoms with Gasteiger partial charge in [-0.2, -0.15) is 0 Å².